The first-order valence-electron chi connectivity index (χ1n) is 5.57. The van der Waals surface area contributed by atoms with Crippen LogP contribution in [-0.2, 0) is 4.79 Å². The van der Waals surface area contributed by atoms with E-state index in [1.165, 1.54) is 0 Å². The third-order valence-corrected chi connectivity index (χ3v) is 2.78. The first-order chi connectivity index (χ1) is 8.58. The van der Waals surface area contributed by atoms with Crippen molar-refractivity contribution in [3.05, 3.63) is 48.0 Å². The first-order valence-corrected chi connectivity index (χ1v) is 5.57. The van der Waals surface area contributed by atoms with E-state index in [4.69, 9.17) is 5.73 Å². The summed E-state index contributed by atoms with van der Waals surface area (Å²) in [5.74, 6) is -1.18. The Morgan fingerprint density at radius 1 is 1.11 bits per heavy atom. The lowest BCUT2D eigenvalue weighted by Crippen LogP contribution is -2.30. The molecule has 1 amide bonds. The maximum Gasteiger partial charge on any atom is 0.246 e. The van der Waals surface area contributed by atoms with E-state index in [2.05, 4.69) is 0 Å². The van der Waals surface area contributed by atoms with Crippen LogP contribution in [0.25, 0.3) is 10.8 Å². The van der Waals surface area contributed by atoms with Crippen LogP contribution < -0.4 is 5.73 Å². The van der Waals surface area contributed by atoms with Crippen molar-refractivity contribution in [2.45, 2.75) is 12.5 Å². The van der Waals surface area contributed by atoms with Gasteiger partial charge in [0.15, 0.2) is 5.78 Å². The number of carbonyl (C=O) groups excluding carboxylic acids is 2. The van der Waals surface area contributed by atoms with Crippen molar-refractivity contribution in [3.8, 4) is 0 Å². The van der Waals surface area contributed by atoms with Crippen molar-refractivity contribution in [2.24, 2.45) is 5.73 Å². The zero-order valence-electron chi connectivity index (χ0n) is 9.67. The second-order valence-corrected chi connectivity index (χ2v) is 4.11. The van der Waals surface area contributed by atoms with Crippen LogP contribution in [0.3, 0.4) is 0 Å². The van der Waals surface area contributed by atoms with Crippen LogP contribution in [0.5, 0.6) is 0 Å². The van der Waals surface area contributed by atoms with Crippen LogP contribution in [0, 0.1) is 0 Å². The van der Waals surface area contributed by atoms with Crippen LogP contribution in [-0.4, -0.2) is 22.9 Å². The molecule has 0 aliphatic rings. The van der Waals surface area contributed by atoms with E-state index in [9.17, 15) is 14.7 Å². The summed E-state index contributed by atoms with van der Waals surface area (Å²) in [4.78, 5) is 22.5. The number of hydrogen-bond acceptors (Lipinski definition) is 3. The number of carbonyl (C=O) groups is 2. The number of aliphatic hydroxyl groups is 1. The highest BCUT2D eigenvalue weighted by molar-refractivity contribution is 6.01. The minimum absolute atomic E-state index is 0.284. The van der Waals surface area contributed by atoms with Gasteiger partial charge in [0, 0.05) is 12.0 Å². The molecule has 0 fully saturated rings. The van der Waals surface area contributed by atoms with Gasteiger partial charge >= 0.3 is 0 Å². The standard InChI is InChI=1S/C14H13NO3/c15-14(18)13(17)8-12(16)11-6-5-9-3-1-2-4-10(9)7-11/h1-7,13,17H,8H2,(H2,15,18). The molecule has 4 nitrogen and oxygen atoms in total. The zero-order chi connectivity index (χ0) is 13.1. The van der Waals surface area contributed by atoms with Crippen LogP contribution >= 0.6 is 0 Å². The number of benzene rings is 2. The molecule has 1 unspecified atom stereocenters. The molecule has 2 aromatic carbocycles. The summed E-state index contributed by atoms with van der Waals surface area (Å²) in [5.41, 5.74) is 5.38. The molecule has 3 N–H and O–H groups in total. The molecule has 0 bridgehead atoms. The predicted molar refractivity (Wildman–Crippen MR) is 68.1 cm³/mol. The molecule has 2 aromatic rings. The normalized spacial score (nSPS) is 12.3. The lowest BCUT2D eigenvalue weighted by molar-refractivity contribution is -0.125. The summed E-state index contributed by atoms with van der Waals surface area (Å²) >= 11 is 0. The fraction of sp³-hybridized carbons (Fsp3) is 0.143. The quantitative estimate of drug-likeness (QED) is 0.793. The molecule has 0 radical (unpaired) electrons. The Hall–Kier alpha value is -2.20. The van der Waals surface area contributed by atoms with E-state index in [1.807, 2.05) is 30.3 Å². The van der Waals surface area contributed by atoms with E-state index >= 15 is 0 Å². The van der Waals surface area contributed by atoms with Crippen LogP contribution in [0.2, 0.25) is 0 Å². The molecule has 0 aliphatic carbocycles. The monoisotopic (exact) mass is 243 g/mol. The molecule has 0 spiro atoms. The van der Waals surface area contributed by atoms with Gasteiger partial charge in [-0.3, -0.25) is 9.59 Å². The third kappa shape index (κ3) is 2.55. The summed E-state index contributed by atoms with van der Waals surface area (Å²) in [6.45, 7) is 0. The summed E-state index contributed by atoms with van der Waals surface area (Å²) in [6.07, 6.45) is -1.71. The van der Waals surface area contributed by atoms with Crippen molar-refractivity contribution in [1.82, 2.24) is 0 Å². The number of primary amides is 1. The molecular weight excluding hydrogens is 230 g/mol. The van der Waals surface area contributed by atoms with Gasteiger partial charge in [-0.15, -0.1) is 0 Å². The summed E-state index contributed by atoms with van der Waals surface area (Å²) in [6, 6.07) is 12.9. The molecule has 4 heteroatoms. The minimum Gasteiger partial charge on any atom is -0.383 e. The van der Waals surface area contributed by atoms with Gasteiger partial charge in [-0.2, -0.15) is 0 Å². The lowest BCUT2D eigenvalue weighted by atomic mass is 10.0. The molecule has 1 atom stereocenters. The number of nitrogens with two attached hydrogens (primary N) is 1. The van der Waals surface area contributed by atoms with Gasteiger partial charge in [0.05, 0.1) is 0 Å². The minimum atomic E-state index is -1.43. The highest BCUT2D eigenvalue weighted by Crippen LogP contribution is 2.17. The van der Waals surface area contributed by atoms with Crippen molar-refractivity contribution in [3.63, 3.8) is 0 Å². The first kappa shape index (κ1) is 12.3. The van der Waals surface area contributed by atoms with E-state index in [0.29, 0.717) is 5.56 Å². The Labute approximate surface area is 104 Å². The van der Waals surface area contributed by atoms with Gasteiger partial charge in [0.1, 0.15) is 6.10 Å². The zero-order valence-corrected chi connectivity index (χ0v) is 9.67. The second-order valence-electron chi connectivity index (χ2n) is 4.11. The van der Waals surface area contributed by atoms with E-state index in [1.54, 1.807) is 12.1 Å². The Morgan fingerprint density at radius 2 is 1.78 bits per heavy atom. The molecule has 0 heterocycles. The molecule has 0 saturated carbocycles. The molecule has 18 heavy (non-hydrogen) atoms. The number of hydrogen-bond donors (Lipinski definition) is 2. The molecule has 92 valence electrons. The van der Waals surface area contributed by atoms with Crippen LogP contribution in [0.4, 0.5) is 0 Å². The van der Waals surface area contributed by atoms with Crippen molar-refractivity contribution >= 4 is 22.5 Å². The van der Waals surface area contributed by atoms with E-state index in [-0.39, 0.29) is 12.2 Å². The molecule has 2 rings (SSSR count). The summed E-state index contributed by atoms with van der Waals surface area (Å²) < 4.78 is 0. The fourth-order valence-corrected chi connectivity index (χ4v) is 1.76. The van der Waals surface area contributed by atoms with Crippen LogP contribution in [0.1, 0.15) is 16.8 Å². The number of rotatable bonds is 4. The lowest BCUT2D eigenvalue weighted by Gasteiger charge is -2.06. The maximum atomic E-state index is 11.8. The average Bonchev–Trinajstić information content (AvgIpc) is 2.37. The van der Waals surface area contributed by atoms with Gasteiger partial charge < -0.3 is 10.8 Å². The van der Waals surface area contributed by atoms with Gasteiger partial charge in [0.25, 0.3) is 0 Å². The number of ketones is 1. The number of amides is 1. The van der Waals surface area contributed by atoms with E-state index in [0.717, 1.165) is 10.8 Å². The Balaban J connectivity index is 2.25. The van der Waals surface area contributed by atoms with Gasteiger partial charge in [0.2, 0.25) is 5.91 Å². The number of aliphatic hydroxyl groups excluding tert-OH is 1. The highest BCUT2D eigenvalue weighted by atomic mass is 16.3. The van der Waals surface area contributed by atoms with Gasteiger partial charge in [-0.25, -0.2) is 0 Å². The molecular formula is C14H13NO3. The smallest absolute Gasteiger partial charge is 0.246 e. The van der Waals surface area contributed by atoms with Crippen molar-refractivity contribution in [2.75, 3.05) is 0 Å². The van der Waals surface area contributed by atoms with E-state index < -0.39 is 12.0 Å². The summed E-state index contributed by atoms with van der Waals surface area (Å²) in [5, 5.41) is 11.2. The van der Waals surface area contributed by atoms with Crippen molar-refractivity contribution in [1.29, 1.82) is 0 Å². The third-order valence-electron chi connectivity index (χ3n) is 2.78. The molecule has 0 aliphatic heterocycles. The Bertz CT molecular complexity index is 607. The number of Topliss-reactive ketones (excluding diaryl/α,β-unsaturated/α-hetero) is 1. The maximum absolute atomic E-state index is 11.8. The van der Waals surface area contributed by atoms with Crippen molar-refractivity contribution < 1.29 is 14.7 Å². The average molecular weight is 243 g/mol. The highest BCUT2D eigenvalue weighted by Gasteiger charge is 2.17. The SMILES string of the molecule is NC(=O)C(O)CC(=O)c1ccc2ccccc2c1. The number of fused-ring (bicyclic) bond motifs is 1. The van der Waals surface area contributed by atoms with Gasteiger partial charge in [-0.05, 0) is 16.8 Å². The molecule has 0 aromatic heterocycles. The topological polar surface area (TPSA) is 80.4 Å². The Morgan fingerprint density at radius 3 is 2.44 bits per heavy atom. The van der Waals surface area contributed by atoms with Crippen LogP contribution in [0.15, 0.2) is 42.5 Å². The fourth-order valence-electron chi connectivity index (χ4n) is 1.76. The second kappa shape index (κ2) is 4.98. The predicted octanol–water partition coefficient (Wildman–Crippen LogP) is 1.26. The van der Waals surface area contributed by atoms with Gasteiger partial charge in [-0.1, -0.05) is 36.4 Å². The largest absolute Gasteiger partial charge is 0.383 e. The molecule has 0 saturated heterocycles. The Kier molecular flexibility index (Phi) is 3.39. The summed E-state index contributed by atoms with van der Waals surface area (Å²) in [7, 11) is 0.